The molecule has 0 unspecified atom stereocenters. The van der Waals surface area contributed by atoms with Gasteiger partial charge in [0.25, 0.3) is 5.91 Å². The van der Waals surface area contributed by atoms with Crippen LogP contribution >= 0.6 is 0 Å². The highest BCUT2D eigenvalue weighted by molar-refractivity contribution is 6.01. The Bertz CT molecular complexity index is 388. The molecule has 5 heteroatoms. The molecule has 0 spiro atoms. The minimum absolute atomic E-state index is 0.219. The van der Waals surface area contributed by atoms with Gasteiger partial charge < -0.3 is 15.8 Å². The molecule has 0 bridgehead atoms. The fourth-order valence-electron chi connectivity index (χ4n) is 1.34. The summed E-state index contributed by atoms with van der Waals surface area (Å²) in [6.07, 6.45) is 5.36. The van der Waals surface area contributed by atoms with Crippen molar-refractivity contribution in [1.82, 2.24) is 4.98 Å². The van der Waals surface area contributed by atoms with E-state index in [1.165, 1.54) is 6.20 Å². The number of hydrogen-bond donors (Lipinski definition) is 2. The molecule has 1 aliphatic rings. The summed E-state index contributed by atoms with van der Waals surface area (Å²) in [4.78, 5) is 15.3. The van der Waals surface area contributed by atoms with Crippen molar-refractivity contribution in [1.29, 1.82) is 0 Å². The minimum Gasteiger partial charge on any atom is -0.488 e. The van der Waals surface area contributed by atoms with E-state index in [-0.39, 0.29) is 6.10 Å². The van der Waals surface area contributed by atoms with E-state index < -0.39 is 5.91 Å². The Labute approximate surface area is 87.6 Å². The zero-order chi connectivity index (χ0) is 10.8. The number of nitrogens with one attached hydrogen (secondary N) is 1. The largest absolute Gasteiger partial charge is 0.488 e. The number of amides is 1. The number of hydrogen-bond acceptors (Lipinski definition) is 4. The number of anilines is 1. The van der Waals surface area contributed by atoms with Gasteiger partial charge in [-0.1, -0.05) is 0 Å². The van der Waals surface area contributed by atoms with E-state index in [1.54, 1.807) is 13.2 Å². The number of carbonyl (C=O) groups is 1. The predicted octanol–water partition coefficient (Wildman–Crippen LogP) is 0.763. The Balaban J connectivity index is 2.37. The molecule has 1 fully saturated rings. The molecule has 1 aromatic heterocycles. The van der Waals surface area contributed by atoms with E-state index in [4.69, 9.17) is 10.5 Å². The lowest BCUT2D eigenvalue weighted by atomic mass is 10.2. The number of nitrogens with zero attached hydrogens (tertiary/aromatic N) is 1. The van der Waals surface area contributed by atoms with Gasteiger partial charge in [-0.15, -0.1) is 0 Å². The molecule has 80 valence electrons. The van der Waals surface area contributed by atoms with Crippen molar-refractivity contribution in [2.75, 3.05) is 12.4 Å². The third kappa shape index (κ3) is 2.01. The topological polar surface area (TPSA) is 77.2 Å². The maximum absolute atomic E-state index is 11.3. The van der Waals surface area contributed by atoms with Crippen molar-refractivity contribution in [2.24, 2.45) is 5.73 Å². The highest BCUT2D eigenvalue weighted by atomic mass is 16.5. The molecule has 0 radical (unpaired) electrons. The Morgan fingerprint density at radius 3 is 2.87 bits per heavy atom. The summed E-state index contributed by atoms with van der Waals surface area (Å²) in [5.41, 5.74) is 6.27. The number of rotatable bonds is 4. The van der Waals surface area contributed by atoms with Gasteiger partial charge in [0.2, 0.25) is 0 Å². The maximum Gasteiger partial charge on any atom is 0.254 e. The lowest BCUT2D eigenvalue weighted by molar-refractivity contribution is 0.0996. The Morgan fingerprint density at radius 1 is 1.60 bits per heavy atom. The molecule has 0 saturated heterocycles. The van der Waals surface area contributed by atoms with Crippen molar-refractivity contribution in [3.63, 3.8) is 0 Å². The van der Waals surface area contributed by atoms with E-state index >= 15 is 0 Å². The molecular formula is C10H13N3O2. The van der Waals surface area contributed by atoms with Gasteiger partial charge in [-0.3, -0.25) is 9.78 Å². The lowest BCUT2D eigenvalue weighted by Crippen LogP contribution is -2.16. The molecule has 15 heavy (non-hydrogen) atoms. The number of primary amides is 1. The van der Waals surface area contributed by atoms with Gasteiger partial charge in [0.1, 0.15) is 5.56 Å². The highest BCUT2D eigenvalue weighted by Gasteiger charge is 2.26. The first-order valence-corrected chi connectivity index (χ1v) is 4.84. The quantitative estimate of drug-likeness (QED) is 0.764. The Hall–Kier alpha value is -1.78. The predicted molar refractivity (Wildman–Crippen MR) is 56.0 cm³/mol. The smallest absolute Gasteiger partial charge is 0.254 e. The van der Waals surface area contributed by atoms with Crippen molar-refractivity contribution in [3.8, 4) is 5.75 Å². The number of nitrogens with two attached hydrogens (primary N) is 1. The highest BCUT2D eigenvalue weighted by Crippen LogP contribution is 2.31. The van der Waals surface area contributed by atoms with Gasteiger partial charge in [0, 0.05) is 7.05 Å². The molecular weight excluding hydrogens is 194 g/mol. The summed E-state index contributed by atoms with van der Waals surface area (Å²) >= 11 is 0. The van der Waals surface area contributed by atoms with Gasteiger partial charge in [0.05, 0.1) is 24.2 Å². The first-order chi connectivity index (χ1) is 7.22. The monoisotopic (exact) mass is 207 g/mol. The molecule has 1 saturated carbocycles. The van der Waals surface area contributed by atoms with Crippen molar-refractivity contribution < 1.29 is 9.53 Å². The maximum atomic E-state index is 11.3. The van der Waals surface area contributed by atoms with Gasteiger partial charge >= 0.3 is 0 Å². The zero-order valence-corrected chi connectivity index (χ0v) is 8.49. The van der Waals surface area contributed by atoms with Crippen LogP contribution in [0.4, 0.5) is 5.69 Å². The minimum atomic E-state index is -0.502. The van der Waals surface area contributed by atoms with E-state index in [9.17, 15) is 4.79 Å². The molecule has 0 aromatic carbocycles. The summed E-state index contributed by atoms with van der Waals surface area (Å²) < 4.78 is 5.56. The lowest BCUT2D eigenvalue weighted by Gasteiger charge is -2.11. The first kappa shape index (κ1) is 9.76. The third-order valence-electron chi connectivity index (χ3n) is 2.24. The summed E-state index contributed by atoms with van der Waals surface area (Å²) in [6, 6.07) is 0. The Kier molecular flexibility index (Phi) is 2.45. The molecule has 2 rings (SSSR count). The van der Waals surface area contributed by atoms with Gasteiger partial charge in [0.15, 0.2) is 5.75 Å². The van der Waals surface area contributed by atoms with E-state index in [0.29, 0.717) is 17.0 Å². The van der Waals surface area contributed by atoms with Crippen LogP contribution in [0.15, 0.2) is 12.4 Å². The van der Waals surface area contributed by atoms with Gasteiger partial charge in [-0.25, -0.2) is 0 Å². The van der Waals surface area contributed by atoms with Crippen molar-refractivity contribution in [3.05, 3.63) is 18.0 Å². The van der Waals surface area contributed by atoms with Crippen LogP contribution in [0.2, 0.25) is 0 Å². The number of carbonyl (C=O) groups excluding carboxylic acids is 1. The SMILES string of the molecule is CNc1cncc(OC2CC2)c1C(N)=O. The number of aromatic nitrogens is 1. The van der Waals surface area contributed by atoms with Crippen molar-refractivity contribution in [2.45, 2.75) is 18.9 Å². The fraction of sp³-hybridized carbons (Fsp3) is 0.400. The average molecular weight is 207 g/mol. The van der Waals surface area contributed by atoms with Crippen LogP contribution in [-0.4, -0.2) is 24.0 Å². The number of ether oxygens (including phenoxy) is 1. The van der Waals surface area contributed by atoms with Crippen LogP contribution in [-0.2, 0) is 0 Å². The third-order valence-corrected chi connectivity index (χ3v) is 2.24. The van der Waals surface area contributed by atoms with Gasteiger partial charge in [-0.2, -0.15) is 0 Å². The molecule has 5 nitrogen and oxygen atoms in total. The van der Waals surface area contributed by atoms with Crippen LogP contribution < -0.4 is 15.8 Å². The van der Waals surface area contributed by atoms with Crippen LogP contribution in [0.5, 0.6) is 5.75 Å². The molecule has 1 aliphatic carbocycles. The summed E-state index contributed by atoms with van der Waals surface area (Å²) in [7, 11) is 1.71. The first-order valence-electron chi connectivity index (χ1n) is 4.84. The summed E-state index contributed by atoms with van der Waals surface area (Å²) in [5, 5.41) is 2.87. The zero-order valence-electron chi connectivity index (χ0n) is 8.49. The normalized spacial score (nSPS) is 14.7. The molecule has 1 heterocycles. The van der Waals surface area contributed by atoms with Crippen LogP contribution in [0.3, 0.4) is 0 Å². The van der Waals surface area contributed by atoms with Crippen LogP contribution in [0, 0.1) is 0 Å². The number of pyridine rings is 1. The van der Waals surface area contributed by atoms with E-state index in [1.807, 2.05) is 0 Å². The molecule has 1 amide bonds. The average Bonchev–Trinajstić information content (AvgIpc) is 3.01. The van der Waals surface area contributed by atoms with E-state index in [0.717, 1.165) is 12.8 Å². The molecule has 3 N–H and O–H groups in total. The van der Waals surface area contributed by atoms with Crippen LogP contribution in [0.1, 0.15) is 23.2 Å². The summed E-state index contributed by atoms with van der Waals surface area (Å²) in [5.74, 6) is -0.0331. The van der Waals surface area contributed by atoms with Crippen molar-refractivity contribution >= 4 is 11.6 Å². The fourth-order valence-corrected chi connectivity index (χ4v) is 1.34. The van der Waals surface area contributed by atoms with E-state index in [2.05, 4.69) is 10.3 Å². The summed E-state index contributed by atoms with van der Waals surface area (Å²) in [6.45, 7) is 0. The van der Waals surface area contributed by atoms with Crippen LogP contribution in [0.25, 0.3) is 0 Å². The van der Waals surface area contributed by atoms with Gasteiger partial charge in [-0.05, 0) is 12.8 Å². The second-order valence-corrected chi connectivity index (χ2v) is 3.49. The molecule has 0 atom stereocenters. The second-order valence-electron chi connectivity index (χ2n) is 3.49. The molecule has 0 aliphatic heterocycles. The molecule has 1 aromatic rings. The Morgan fingerprint density at radius 2 is 2.33 bits per heavy atom. The standard InChI is InChI=1S/C10H13N3O2/c1-12-7-4-13-5-8(9(7)10(11)14)15-6-2-3-6/h4-6,12H,2-3H2,1H3,(H2,11,14). The second kappa shape index (κ2) is 3.76.